The summed E-state index contributed by atoms with van der Waals surface area (Å²) >= 11 is 0. The highest BCUT2D eigenvalue weighted by molar-refractivity contribution is 7.92. The van der Waals surface area contributed by atoms with Gasteiger partial charge in [0.2, 0.25) is 11.8 Å². The van der Waals surface area contributed by atoms with Crippen LogP contribution in [0.25, 0.3) is 0 Å². The number of nitrogens with zero attached hydrogens (tertiary/aromatic N) is 2. The Morgan fingerprint density at radius 1 is 0.773 bits per heavy atom. The van der Waals surface area contributed by atoms with Crippen molar-refractivity contribution < 1.29 is 26.8 Å². The van der Waals surface area contributed by atoms with Crippen molar-refractivity contribution in [2.24, 2.45) is 0 Å². The molecule has 0 saturated carbocycles. The highest BCUT2D eigenvalue weighted by atomic mass is 32.2. The number of hydrogen-bond acceptors (Lipinski definition) is 4. The normalized spacial score (nSPS) is 11.9. The summed E-state index contributed by atoms with van der Waals surface area (Å²) in [5.74, 6) is -2.08. The fraction of sp³-hybridized carbons (Fsp3) is 0.235. The highest BCUT2D eigenvalue weighted by Gasteiger charge is 2.34. The van der Waals surface area contributed by atoms with Crippen molar-refractivity contribution in [1.82, 2.24) is 10.2 Å². The van der Waals surface area contributed by atoms with Crippen LogP contribution in [0.1, 0.15) is 30.9 Å². The summed E-state index contributed by atoms with van der Waals surface area (Å²) in [6, 6.07) is 26.1. The van der Waals surface area contributed by atoms with Gasteiger partial charge in [-0.1, -0.05) is 74.0 Å². The van der Waals surface area contributed by atoms with Gasteiger partial charge in [-0.3, -0.25) is 13.9 Å². The molecule has 0 aliphatic carbocycles. The predicted octanol–water partition coefficient (Wildman–Crippen LogP) is 5.72. The van der Waals surface area contributed by atoms with Crippen LogP contribution in [0.15, 0.2) is 114 Å². The fourth-order valence-electron chi connectivity index (χ4n) is 4.70. The number of nitrogens with one attached hydrogen (secondary N) is 1. The maximum atomic E-state index is 14.3. The van der Waals surface area contributed by atoms with Crippen molar-refractivity contribution in [2.75, 3.05) is 17.4 Å². The number of halogens is 2. The first-order valence-corrected chi connectivity index (χ1v) is 15.8. The summed E-state index contributed by atoms with van der Waals surface area (Å²) in [7, 11) is -4.28. The van der Waals surface area contributed by atoms with E-state index in [4.69, 9.17) is 0 Å². The number of rotatable bonds is 14. The molecule has 0 spiro atoms. The van der Waals surface area contributed by atoms with E-state index in [9.17, 15) is 26.8 Å². The third-order valence-electron chi connectivity index (χ3n) is 7.09. The van der Waals surface area contributed by atoms with Crippen LogP contribution in [0.3, 0.4) is 0 Å². The Balaban J connectivity index is 1.77. The minimum Gasteiger partial charge on any atom is -0.354 e. The zero-order chi connectivity index (χ0) is 31.5. The van der Waals surface area contributed by atoms with Crippen LogP contribution in [-0.2, 0) is 32.6 Å². The molecule has 44 heavy (non-hydrogen) atoms. The van der Waals surface area contributed by atoms with Gasteiger partial charge in [0.15, 0.2) is 0 Å². The largest absolute Gasteiger partial charge is 0.354 e. The average molecular weight is 620 g/mol. The van der Waals surface area contributed by atoms with Crippen molar-refractivity contribution in [2.45, 2.75) is 43.7 Å². The molecule has 0 saturated heterocycles. The van der Waals surface area contributed by atoms with E-state index in [1.165, 1.54) is 53.4 Å². The Morgan fingerprint density at radius 2 is 1.34 bits per heavy atom. The summed E-state index contributed by atoms with van der Waals surface area (Å²) in [6.45, 7) is 1.65. The molecule has 0 aliphatic rings. The topological polar surface area (TPSA) is 86.8 Å². The molecular formula is C34H35F2N3O4S. The molecule has 0 aromatic heterocycles. The Labute approximate surface area is 257 Å². The lowest BCUT2D eigenvalue weighted by Gasteiger charge is -2.34. The van der Waals surface area contributed by atoms with Crippen LogP contribution in [0.4, 0.5) is 14.5 Å². The number of sulfonamides is 1. The van der Waals surface area contributed by atoms with E-state index in [2.05, 4.69) is 5.32 Å². The van der Waals surface area contributed by atoms with E-state index in [0.717, 1.165) is 34.8 Å². The molecule has 0 unspecified atom stereocenters. The van der Waals surface area contributed by atoms with Crippen molar-refractivity contribution in [1.29, 1.82) is 0 Å². The number of benzene rings is 4. The quantitative estimate of drug-likeness (QED) is 0.183. The van der Waals surface area contributed by atoms with Gasteiger partial charge in [0.05, 0.1) is 10.6 Å². The van der Waals surface area contributed by atoms with E-state index in [1.54, 1.807) is 18.2 Å². The molecule has 1 atom stereocenters. The molecule has 0 bridgehead atoms. The first kappa shape index (κ1) is 32.3. The van der Waals surface area contributed by atoms with Crippen LogP contribution in [0.2, 0.25) is 0 Å². The summed E-state index contributed by atoms with van der Waals surface area (Å²) in [5, 5.41) is 2.92. The lowest BCUT2D eigenvalue weighted by Crippen LogP contribution is -2.53. The Hall–Kier alpha value is -4.57. The van der Waals surface area contributed by atoms with Crippen LogP contribution in [0.5, 0.6) is 0 Å². The Kier molecular flexibility index (Phi) is 11.2. The summed E-state index contributed by atoms with van der Waals surface area (Å²) < 4.78 is 56.3. The molecule has 7 nitrogen and oxygen atoms in total. The average Bonchev–Trinajstić information content (AvgIpc) is 3.03. The molecule has 230 valence electrons. The molecule has 10 heteroatoms. The van der Waals surface area contributed by atoms with Crippen LogP contribution >= 0.6 is 0 Å². The van der Waals surface area contributed by atoms with Gasteiger partial charge < -0.3 is 10.2 Å². The van der Waals surface area contributed by atoms with Gasteiger partial charge >= 0.3 is 0 Å². The molecule has 0 radical (unpaired) electrons. The standard InChI is InChI=1S/C34H35F2N3O4S/c1-2-3-22-37-34(41)32(23-26-10-6-4-7-11-26)38(24-27-14-16-28(35)17-15-27)33(40)25-39(30-20-18-29(36)19-21-30)44(42,43)31-12-8-5-9-13-31/h4-21,32H,2-3,22-25H2,1H3,(H,37,41)/t32-/m1/s1. The first-order valence-electron chi connectivity index (χ1n) is 14.4. The second kappa shape index (κ2) is 15.2. The van der Waals surface area contributed by atoms with E-state index in [-0.39, 0.29) is 23.5 Å². The molecule has 2 amide bonds. The number of carbonyl (C=O) groups is 2. The van der Waals surface area contributed by atoms with Crippen molar-refractivity contribution >= 4 is 27.5 Å². The zero-order valence-corrected chi connectivity index (χ0v) is 25.2. The summed E-state index contributed by atoms with van der Waals surface area (Å²) in [5.41, 5.74) is 1.43. The van der Waals surface area contributed by atoms with Gasteiger partial charge in [-0.25, -0.2) is 17.2 Å². The highest BCUT2D eigenvalue weighted by Crippen LogP contribution is 2.25. The predicted molar refractivity (Wildman–Crippen MR) is 166 cm³/mol. The van der Waals surface area contributed by atoms with Crippen molar-refractivity contribution in [3.8, 4) is 0 Å². The lowest BCUT2D eigenvalue weighted by atomic mass is 10.0. The van der Waals surface area contributed by atoms with Gasteiger partial charge in [-0.05, 0) is 66.1 Å². The minimum atomic E-state index is -4.28. The molecule has 0 heterocycles. The molecule has 0 aliphatic heterocycles. The number of hydrogen-bond donors (Lipinski definition) is 1. The van der Waals surface area contributed by atoms with Crippen LogP contribution in [-0.4, -0.2) is 44.3 Å². The molecule has 4 aromatic carbocycles. The smallest absolute Gasteiger partial charge is 0.264 e. The molecule has 1 N–H and O–H groups in total. The molecule has 4 rings (SSSR count). The number of carbonyl (C=O) groups excluding carboxylic acids is 2. The van der Waals surface area contributed by atoms with Crippen LogP contribution in [0, 0.1) is 11.6 Å². The third kappa shape index (κ3) is 8.50. The summed E-state index contributed by atoms with van der Waals surface area (Å²) in [4.78, 5) is 29.3. The van der Waals surface area contributed by atoms with E-state index >= 15 is 0 Å². The first-order chi connectivity index (χ1) is 21.2. The van der Waals surface area contributed by atoms with E-state index in [1.807, 2.05) is 37.3 Å². The fourth-order valence-corrected chi connectivity index (χ4v) is 6.14. The number of anilines is 1. The van der Waals surface area contributed by atoms with E-state index < -0.39 is 46.1 Å². The lowest BCUT2D eigenvalue weighted by molar-refractivity contribution is -0.140. The zero-order valence-electron chi connectivity index (χ0n) is 24.4. The number of unbranched alkanes of at least 4 members (excludes halogenated alkanes) is 1. The summed E-state index contributed by atoms with van der Waals surface area (Å²) in [6.07, 6.45) is 1.75. The Morgan fingerprint density at radius 3 is 1.93 bits per heavy atom. The van der Waals surface area contributed by atoms with Gasteiger partial charge in [-0.15, -0.1) is 0 Å². The third-order valence-corrected chi connectivity index (χ3v) is 8.88. The van der Waals surface area contributed by atoms with Crippen molar-refractivity contribution in [3.63, 3.8) is 0 Å². The van der Waals surface area contributed by atoms with Gasteiger partial charge in [0.1, 0.15) is 24.2 Å². The molecule has 4 aromatic rings. The molecular weight excluding hydrogens is 584 g/mol. The monoisotopic (exact) mass is 619 g/mol. The van der Waals surface area contributed by atoms with Gasteiger partial charge in [0, 0.05) is 19.5 Å². The second-order valence-corrected chi connectivity index (χ2v) is 12.2. The minimum absolute atomic E-state index is 0.0552. The SMILES string of the molecule is CCCCNC(=O)[C@@H](Cc1ccccc1)N(Cc1ccc(F)cc1)C(=O)CN(c1ccc(F)cc1)S(=O)(=O)c1ccccc1. The maximum absolute atomic E-state index is 14.3. The maximum Gasteiger partial charge on any atom is 0.264 e. The van der Waals surface area contributed by atoms with Gasteiger partial charge in [-0.2, -0.15) is 0 Å². The Bertz CT molecular complexity index is 1620. The van der Waals surface area contributed by atoms with Crippen molar-refractivity contribution in [3.05, 3.63) is 132 Å². The van der Waals surface area contributed by atoms with Crippen LogP contribution < -0.4 is 9.62 Å². The molecule has 0 fully saturated rings. The second-order valence-electron chi connectivity index (χ2n) is 10.3. The van der Waals surface area contributed by atoms with E-state index in [0.29, 0.717) is 12.1 Å². The number of amides is 2. The van der Waals surface area contributed by atoms with Gasteiger partial charge in [0.25, 0.3) is 10.0 Å².